The van der Waals surface area contributed by atoms with E-state index in [1.54, 1.807) is 37.5 Å². The van der Waals surface area contributed by atoms with Crippen molar-refractivity contribution >= 4 is 11.6 Å². The quantitative estimate of drug-likeness (QED) is 0.614. The standard InChI is InChI=1S/C14H11N3O2/c1-17-6-5-12(16-17)14(19)8-13(18)11-4-2-3-10(7-11)9-15/h2-7H,8H2,1H3. The van der Waals surface area contributed by atoms with E-state index in [9.17, 15) is 9.59 Å². The highest BCUT2D eigenvalue weighted by Crippen LogP contribution is 2.09. The molecule has 0 saturated carbocycles. The molecular formula is C14H11N3O2. The van der Waals surface area contributed by atoms with Crippen LogP contribution in [0.15, 0.2) is 36.5 Å². The number of nitriles is 1. The van der Waals surface area contributed by atoms with Gasteiger partial charge in [-0.15, -0.1) is 0 Å². The number of ketones is 2. The van der Waals surface area contributed by atoms with Gasteiger partial charge in [0.15, 0.2) is 11.6 Å². The SMILES string of the molecule is Cn1ccc(C(=O)CC(=O)c2cccc(C#N)c2)n1. The van der Waals surface area contributed by atoms with Gasteiger partial charge < -0.3 is 0 Å². The molecule has 5 nitrogen and oxygen atoms in total. The Morgan fingerprint density at radius 2 is 2.11 bits per heavy atom. The van der Waals surface area contributed by atoms with Gasteiger partial charge in [-0.05, 0) is 18.2 Å². The molecular weight excluding hydrogens is 242 g/mol. The average molecular weight is 253 g/mol. The van der Waals surface area contributed by atoms with Gasteiger partial charge >= 0.3 is 0 Å². The summed E-state index contributed by atoms with van der Waals surface area (Å²) >= 11 is 0. The van der Waals surface area contributed by atoms with Crippen LogP contribution in [0.1, 0.15) is 32.8 Å². The third-order valence-corrected chi connectivity index (χ3v) is 2.63. The van der Waals surface area contributed by atoms with Crippen LogP contribution in [0, 0.1) is 11.3 Å². The highest BCUT2D eigenvalue weighted by molar-refractivity contribution is 6.12. The second-order valence-electron chi connectivity index (χ2n) is 4.09. The Hall–Kier alpha value is -2.74. The van der Waals surface area contributed by atoms with Crippen LogP contribution < -0.4 is 0 Å². The topological polar surface area (TPSA) is 75.8 Å². The highest BCUT2D eigenvalue weighted by Gasteiger charge is 2.15. The molecule has 0 spiro atoms. The normalized spacial score (nSPS) is 9.89. The maximum atomic E-state index is 11.9. The Morgan fingerprint density at radius 1 is 1.32 bits per heavy atom. The molecule has 1 aromatic carbocycles. The summed E-state index contributed by atoms with van der Waals surface area (Å²) in [5.74, 6) is -0.638. The Balaban J connectivity index is 2.13. The first kappa shape index (κ1) is 12.7. The summed E-state index contributed by atoms with van der Waals surface area (Å²) in [5.41, 5.74) is 1.03. The molecule has 1 aromatic heterocycles. The molecule has 0 aliphatic heterocycles. The third-order valence-electron chi connectivity index (χ3n) is 2.63. The van der Waals surface area contributed by atoms with Crippen molar-refractivity contribution < 1.29 is 9.59 Å². The van der Waals surface area contributed by atoms with Crippen molar-refractivity contribution in [2.24, 2.45) is 7.05 Å². The molecule has 0 fully saturated rings. The molecule has 94 valence electrons. The van der Waals surface area contributed by atoms with Gasteiger partial charge in [0.25, 0.3) is 0 Å². The Morgan fingerprint density at radius 3 is 2.74 bits per heavy atom. The number of aromatic nitrogens is 2. The summed E-state index contributed by atoms with van der Waals surface area (Å²) < 4.78 is 1.51. The van der Waals surface area contributed by atoms with Crippen molar-refractivity contribution in [1.29, 1.82) is 5.26 Å². The fourth-order valence-electron chi connectivity index (χ4n) is 1.66. The van der Waals surface area contributed by atoms with E-state index in [4.69, 9.17) is 5.26 Å². The van der Waals surface area contributed by atoms with E-state index < -0.39 is 0 Å². The van der Waals surface area contributed by atoms with Gasteiger partial charge in [-0.1, -0.05) is 12.1 Å². The van der Waals surface area contributed by atoms with Crippen LogP contribution in [0.3, 0.4) is 0 Å². The molecule has 0 aliphatic rings. The molecule has 0 unspecified atom stereocenters. The number of nitrogens with zero attached hydrogens (tertiary/aromatic N) is 3. The minimum atomic E-state index is -0.326. The number of carbonyl (C=O) groups is 2. The second kappa shape index (κ2) is 5.27. The van der Waals surface area contributed by atoms with Crippen molar-refractivity contribution in [3.8, 4) is 6.07 Å². The molecule has 19 heavy (non-hydrogen) atoms. The van der Waals surface area contributed by atoms with E-state index in [2.05, 4.69) is 5.10 Å². The summed E-state index contributed by atoms with van der Waals surface area (Å²) in [7, 11) is 1.70. The maximum absolute atomic E-state index is 11.9. The van der Waals surface area contributed by atoms with Gasteiger partial charge in [-0.3, -0.25) is 14.3 Å². The lowest BCUT2D eigenvalue weighted by Crippen LogP contribution is -2.09. The smallest absolute Gasteiger partial charge is 0.190 e. The van der Waals surface area contributed by atoms with Crippen molar-refractivity contribution in [2.45, 2.75) is 6.42 Å². The fourth-order valence-corrected chi connectivity index (χ4v) is 1.66. The van der Waals surface area contributed by atoms with Crippen molar-refractivity contribution in [1.82, 2.24) is 9.78 Å². The van der Waals surface area contributed by atoms with Crippen LogP contribution in [0.2, 0.25) is 0 Å². The minimum absolute atomic E-state index is 0.244. The summed E-state index contributed by atoms with van der Waals surface area (Å²) in [6, 6.07) is 9.83. The lowest BCUT2D eigenvalue weighted by molar-refractivity contribution is 0.0891. The van der Waals surface area contributed by atoms with Crippen LogP contribution in [0.4, 0.5) is 0 Å². The summed E-state index contributed by atoms with van der Waals surface area (Å²) in [6.07, 6.45) is 1.40. The van der Waals surface area contributed by atoms with E-state index in [0.717, 1.165) is 0 Å². The monoisotopic (exact) mass is 253 g/mol. The minimum Gasteiger partial charge on any atom is -0.294 e. The number of hydrogen-bond acceptors (Lipinski definition) is 4. The van der Waals surface area contributed by atoms with E-state index in [0.29, 0.717) is 11.1 Å². The lowest BCUT2D eigenvalue weighted by Gasteiger charge is -1.99. The Kier molecular flexibility index (Phi) is 3.53. The number of benzene rings is 1. The van der Waals surface area contributed by atoms with Crippen molar-refractivity contribution in [3.05, 3.63) is 53.3 Å². The maximum Gasteiger partial charge on any atom is 0.190 e. The Labute approximate surface area is 110 Å². The highest BCUT2D eigenvalue weighted by atomic mass is 16.1. The lowest BCUT2D eigenvalue weighted by atomic mass is 10.0. The van der Waals surface area contributed by atoms with Gasteiger partial charge in [0, 0.05) is 18.8 Å². The van der Waals surface area contributed by atoms with Gasteiger partial charge in [-0.2, -0.15) is 10.4 Å². The molecule has 0 aliphatic carbocycles. The average Bonchev–Trinajstić information content (AvgIpc) is 2.85. The van der Waals surface area contributed by atoms with Crippen LogP contribution in [-0.4, -0.2) is 21.3 Å². The molecule has 0 saturated heterocycles. The number of carbonyl (C=O) groups excluding carboxylic acids is 2. The van der Waals surface area contributed by atoms with Crippen LogP contribution in [0.5, 0.6) is 0 Å². The molecule has 0 N–H and O–H groups in total. The first-order valence-electron chi connectivity index (χ1n) is 5.66. The predicted octanol–water partition coefficient (Wildman–Crippen LogP) is 1.75. The number of hydrogen-bond donors (Lipinski definition) is 0. The molecule has 0 amide bonds. The van der Waals surface area contributed by atoms with Crippen LogP contribution >= 0.6 is 0 Å². The zero-order valence-corrected chi connectivity index (χ0v) is 10.3. The van der Waals surface area contributed by atoms with E-state index in [1.165, 1.54) is 10.7 Å². The molecule has 0 bridgehead atoms. The molecule has 0 radical (unpaired) electrons. The first-order chi connectivity index (χ1) is 9.10. The van der Waals surface area contributed by atoms with Crippen LogP contribution in [0.25, 0.3) is 0 Å². The van der Waals surface area contributed by atoms with Crippen LogP contribution in [-0.2, 0) is 7.05 Å². The molecule has 1 heterocycles. The summed E-state index contributed by atoms with van der Waals surface area (Å²) in [4.78, 5) is 23.8. The van der Waals surface area contributed by atoms with Crippen molar-refractivity contribution in [3.63, 3.8) is 0 Å². The van der Waals surface area contributed by atoms with E-state index in [1.807, 2.05) is 6.07 Å². The molecule has 5 heteroatoms. The number of aryl methyl sites for hydroxylation is 1. The van der Waals surface area contributed by atoms with Crippen molar-refractivity contribution in [2.75, 3.05) is 0 Å². The van der Waals surface area contributed by atoms with Gasteiger partial charge in [-0.25, -0.2) is 0 Å². The van der Waals surface area contributed by atoms with E-state index in [-0.39, 0.29) is 23.7 Å². The second-order valence-corrected chi connectivity index (χ2v) is 4.09. The number of rotatable bonds is 4. The Bertz CT molecular complexity index is 680. The first-order valence-corrected chi connectivity index (χ1v) is 5.66. The third kappa shape index (κ3) is 2.93. The van der Waals surface area contributed by atoms with Gasteiger partial charge in [0.1, 0.15) is 5.69 Å². The summed E-state index contributed by atoms with van der Waals surface area (Å²) in [6.45, 7) is 0. The number of Topliss-reactive ketones (excluding diaryl/α,β-unsaturated/α-hetero) is 2. The molecule has 2 rings (SSSR count). The fraction of sp³-hybridized carbons (Fsp3) is 0.143. The molecule has 2 aromatic rings. The van der Waals surface area contributed by atoms with Gasteiger partial charge in [0.2, 0.25) is 0 Å². The molecule has 0 atom stereocenters. The summed E-state index contributed by atoms with van der Waals surface area (Å²) in [5, 5.41) is 12.7. The zero-order chi connectivity index (χ0) is 13.8. The van der Waals surface area contributed by atoms with E-state index >= 15 is 0 Å². The predicted molar refractivity (Wildman–Crippen MR) is 67.6 cm³/mol. The van der Waals surface area contributed by atoms with Gasteiger partial charge in [0.05, 0.1) is 18.1 Å². The largest absolute Gasteiger partial charge is 0.294 e. The zero-order valence-electron chi connectivity index (χ0n) is 10.3.